The Morgan fingerprint density at radius 3 is 2.64 bits per heavy atom. The van der Waals surface area contributed by atoms with E-state index < -0.39 is 5.97 Å². The van der Waals surface area contributed by atoms with E-state index in [9.17, 15) is 9.59 Å². The Morgan fingerprint density at radius 1 is 1.32 bits per heavy atom. The van der Waals surface area contributed by atoms with Crippen molar-refractivity contribution >= 4 is 23.5 Å². The van der Waals surface area contributed by atoms with E-state index in [1.54, 1.807) is 20.0 Å². The van der Waals surface area contributed by atoms with Crippen LogP contribution in [0, 0.1) is 13.8 Å². The summed E-state index contributed by atoms with van der Waals surface area (Å²) in [5.74, 6) is -0.498. The predicted molar refractivity (Wildman–Crippen MR) is 85.5 cm³/mol. The van der Waals surface area contributed by atoms with E-state index >= 15 is 0 Å². The molecule has 0 fully saturated rings. The minimum absolute atomic E-state index is 0.0635. The molecular weight excluding hydrogens is 300 g/mol. The zero-order valence-electron chi connectivity index (χ0n) is 13.0. The van der Waals surface area contributed by atoms with Gasteiger partial charge in [-0.1, -0.05) is 17.8 Å². The second kappa shape index (κ2) is 6.79. The van der Waals surface area contributed by atoms with Crippen LogP contribution in [0.3, 0.4) is 0 Å². The Bertz CT molecular complexity index is 695. The van der Waals surface area contributed by atoms with Crippen molar-refractivity contribution in [3.63, 3.8) is 0 Å². The number of pyridine rings is 1. The molecule has 0 spiro atoms. The van der Waals surface area contributed by atoms with Gasteiger partial charge in [0.1, 0.15) is 0 Å². The van der Waals surface area contributed by atoms with Crippen LogP contribution in [0.15, 0.2) is 29.4 Å². The van der Waals surface area contributed by atoms with Crippen LogP contribution in [0.2, 0.25) is 0 Å². The number of methoxy groups -OCH3 is 1. The summed E-state index contributed by atoms with van der Waals surface area (Å²) < 4.78 is 4.76. The molecule has 2 rings (SSSR count). The van der Waals surface area contributed by atoms with E-state index in [2.05, 4.69) is 9.97 Å². The molecule has 0 saturated heterocycles. The lowest BCUT2D eigenvalue weighted by Gasteiger charge is -2.09. The van der Waals surface area contributed by atoms with Crippen LogP contribution in [0.4, 0.5) is 0 Å². The molecule has 2 aromatic heterocycles. The first-order valence-corrected chi connectivity index (χ1v) is 7.73. The summed E-state index contributed by atoms with van der Waals surface area (Å²) in [7, 11) is 1.33. The van der Waals surface area contributed by atoms with Gasteiger partial charge in [-0.25, -0.2) is 9.78 Å². The number of esters is 1. The Balaban J connectivity index is 2.24. The summed E-state index contributed by atoms with van der Waals surface area (Å²) in [6.45, 7) is 5.34. The number of carbonyl (C=O) groups excluding carboxylic acids is 2. The number of aromatic nitrogens is 2. The Kier molecular flexibility index (Phi) is 5.03. The molecule has 116 valence electrons. The molecule has 0 saturated carbocycles. The predicted octanol–water partition coefficient (Wildman–Crippen LogP) is 3.18. The van der Waals surface area contributed by atoms with Crippen molar-refractivity contribution in [2.75, 3.05) is 7.11 Å². The lowest BCUT2D eigenvalue weighted by atomic mass is 10.1. The number of nitrogens with one attached hydrogen (secondary N) is 1. The van der Waals surface area contributed by atoms with Crippen molar-refractivity contribution in [3.8, 4) is 0 Å². The number of carbonyl (C=O) groups is 2. The molecule has 2 heterocycles. The first kappa shape index (κ1) is 16.3. The van der Waals surface area contributed by atoms with Crippen LogP contribution in [0.5, 0.6) is 0 Å². The molecule has 0 aromatic carbocycles. The molecule has 0 amide bonds. The van der Waals surface area contributed by atoms with Crippen LogP contribution < -0.4 is 0 Å². The third-order valence-electron chi connectivity index (χ3n) is 3.38. The number of Topliss-reactive ketones (excluding diaryl/α,β-unsaturated/α-hetero) is 1. The smallest absolute Gasteiger partial charge is 0.339 e. The van der Waals surface area contributed by atoms with Gasteiger partial charge in [0.2, 0.25) is 0 Å². The summed E-state index contributed by atoms with van der Waals surface area (Å²) in [5.41, 5.74) is 2.15. The van der Waals surface area contributed by atoms with Gasteiger partial charge in [0.15, 0.2) is 5.78 Å². The van der Waals surface area contributed by atoms with Gasteiger partial charge in [-0.3, -0.25) is 4.79 Å². The molecule has 0 radical (unpaired) electrons. The highest BCUT2D eigenvalue weighted by Gasteiger charge is 2.26. The van der Waals surface area contributed by atoms with E-state index in [-0.39, 0.29) is 11.0 Å². The standard InChI is InChI=1S/C16H18N2O3S/c1-9-13(16(20)21-4)10(2)18-14(9)15(19)11(3)22-12-7-5-6-8-17-12/h5-8,11,18H,1-4H3/t11-/m1/s1. The summed E-state index contributed by atoms with van der Waals surface area (Å²) in [4.78, 5) is 31.6. The van der Waals surface area contributed by atoms with Gasteiger partial charge in [0.25, 0.3) is 0 Å². The quantitative estimate of drug-likeness (QED) is 0.521. The van der Waals surface area contributed by atoms with Crippen LogP contribution in [0.1, 0.15) is 39.0 Å². The minimum Gasteiger partial charge on any atom is -0.465 e. The summed E-state index contributed by atoms with van der Waals surface area (Å²) in [5, 5.41) is 0.481. The first-order valence-electron chi connectivity index (χ1n) is 6.85. The van der Waals surface area contributed by atoms with Gasteiger partial charge in [-0.05, 0) is 38.5 Å². The number of rotatable bonds is 5. The molecule has 0 aliphatic rings. The fourth-order valence-corrected chi connectivity index (χ4v) is 3.13. The Morgan fingerprint density at radius 2 is 2.05 bits per heavy atom. The molecule has 1 N–H and O–H groups in total. The number of hydrogen-bond acceptors (Lipinski definition) is 5. The van der Waals surface area contributed by atoms with E-state index in [1.165, 1.54) is 18.9 Å². The maximum atomic E-state index is 12.6. The normalized spacial score (nSPS) is 12.0. The van der Waals surface area contributed by atoms with Crippen LogP contribution in [-0.4, -0.2) is 34.1 Å². The van der Waals surface area contributed by atoms with Crippen molar-refractivity contribution in [2.45, 2.75) is 31.0 Å². The summed E-state index contributed by atoms with van der Waals surface area (Å²) in [6, 6.07) is 5.57. The van der Waals surface area contributed by atoms with Crippen molar-refractivity contribution < 1.29 is 14.3 Å². The van der Waals surface area contributed by atoms with E-state index in [0.717, 1.165) is 5.03 Å². The summed E-state index contributed by atoms with van der Waals surface area (Å²) >= 11 is 1.39. The molecule has 0 bridgehead atoms. The number of hydrogen-bond donors (Lipinski definition) is 1. The number of nitrogens with zero attached hydrogens (tertiary/aromatic N) is 1. The number of aryl methyl sites for hydroxylation is 1. The van der Waals surface area contributed by atoms with E-state index in [1.807, 2.05) is 25.1 Å². The average Bonchev–Trinajstić information content (AvgIpc) is 2.81. The fourth-order valence-electron chi connectivity index (χ4n) is 2.26. The molecule has 5 nitrogen and oxygen atoms in total. The van der Waals surface area contributed by atoms with Gasteiger partial charge >= 0.3 is 5.97 Å². The van der Waals surface area contributed by atoms with Crippen LogP contribution in [-0.2, 0) is 4.74 Å². The number of aromatic amines is 1. The third kappa shape index (κ3) is 3.22. The molecule has 0 unspecified atom stereocenters. The van der Waals surface area contributed by atoms with Gasteiger partial charge < -0.3 is 9.72 Å². The first-order chi connectivity index (χ1) is 10.5. The summed E-state index contributed by atoms with van der Waals surface area (Å²) in [6.07, 6.45) is 1.69. The van der Waals surface area contributed by atoms with Gasteiger partial charge in [0, 0.05) is 11.9 Å². The Hall–Kier alpha value is -2.08. The van der Waals surface area contributed by atoms with Gasteiger partial charge in [-0.15, -0.1) is 0 Å². The number of H-pyrrole nitrogens is 1. The number of ketones is 1. The highest BCUT2D eigenvalue weighted by Crippen LogP contribution is 2.26. The van der Waals surface area contributed by atoms with Crippen molar-refractivity contribution in [2.24, 2.45) is 0 Å². The minimum atomic E-state index is -0.435. The second-order valence-corrected chi connectivity index (χ2v) is 6.27. The zero-order valence-corrected chi connectivity index (χ0v) is 13.8. The lowest BCUT2D eigenvalue weighted by Crippen LogP contribution is -2.15. The molecular formula is C16H18N2O3S. The Labute approximate surface area is 133 Å². The third-order valence-corrected chi connectivity index (χ3v) is 4.43. The van der Waals surface area contributed by atoms with Crippen molar-refractivity contribution in [1.29, 1.82) is 0 Å². The van der Waals surface area contributed by atoms with Gasteiger partial charge in [0.05, 0.1) is 28.6 Å². The maximum absolute atomic E-state index is 12.6. The van der Waals surface area contributed by atoms with Crippen molar-refractivity contribution in [3.05, 3.63) is 46.9 Å². The molecule has 2 aromatic rings. The van der Waals surface area contributed by atoms with Crippen LogP contribution in [0.25, 0.3) is 0 Å². The van der Waals surface area contributed by atoms with Gasteiger partial charge in [-0.2, -0.15) is 0 Å². The topological polar surface area (TPSA) is 72.1 Å². The van der Waals surface area contributed by atoms with Crippen LogP contribution >= 0.6 is 11.8 Å². The molecule has 22 heavy (non-hydrogen) atoms. The molecule has 0 aliphatic heterocycles. The number of thioether (sulfide) groups is 1. The molecule has 1 atom stereocenters. The zero-order chi connectivity index (χ0) is 16.3. The van der Waals surface area contributed by atoms with E-state index in [4.69, 9.17) is 4.74 Å². The highest BCUT2D eigenvalue weighted by molar-refractivity contribution is 8.00. The van der Waals surface area contributed by atoms with Crippen molar-refractivity contribution in [1.82, 2.24) is 9.97 Å². The molecule has 6 heteroatoms. The SMILES string of the molecule is COC(=O)c1c(C)[nH]c(C(=O)[C@@H](C)Sc2ccccn2)c1C. The average molecular weight is 318 g/mol. The maximum Gasteiger partial charge on any atom is 0.339 e. The largest absolute Gasteiger partial charge is 0.465 e. The lowest BCUT2D eigenvalue weighted by molar-refractivity contribution is 0.0599. The number of ether oxygens (including phenoxy) is 1. The highest BCUT2D eigenvalue weighted by atomic mass is 32.2. The van der Waals surface area contributed by atoms with E-state index in [0.29, 0.717) is 22.5 Å². The fraction of sp³-hybridized carbons (Fsp3) is 0.312. The monoisotopic (exact) mass is 318 g/mol. The molecule has 0 aliphatic carbocycles. The second-order valence-electron chi connectivity index (χ2n) is 4.91.